The van der Waals surface area contributed by atoms with E-state index in [-0.39, 0.29) is 12.2 Å². The van der Waals surface area contributed by atoms with E-state index >= 15 is 0 Å². The van der Waals surface area contributed by atoms with Crippen LogP contribution in [0.1, 0.15) is 22.8 Å². The van der Waals surface area contributed by atoms with Gasteiger partial charge >= 0.3 is 5.97 Å². The number of nitrogens with one attached hydrogen (secondary N) is 3. The quantitative estimate of drug-likeness (QED) is 0.301. The Bertz CT molecular complexity index is 1070. The third-order valence-corrected chi connectivity index (χ3v) is 4.57. The molecule has 0 radical (unpaired) electrons. The number of carbonyl (C=O) groups is 2. The van der Waals surface area contributed by atoms with Crippen molar-refractivity contribution in [3.05, 3.63) is 83.9 Å². The highest BCUT2D eigenvalue weighted by Gasteiger charge is 2.14. The van der Waals surface area contributed by atoms with Gasteiger partial charge in [0.2, 0.25) is 0 Å². The summed E-state index contributed by atoms with van der Waals surface area (Å²) in [4.78, 5) is 24.3. The zero-order chi connectivity index (χ0) is 23.5. The Morgan fingerprint density at radius 3 is 2.39 bits per heavy atom. The van der Waals surface area contributed by atoms with Crippen molar-refractivity contribution in [3.63, 3.8) is 0 Å². The predicted molar refractivity (Wildman–Crippen MR) is 126 cm³/mol. The van der Waals surface area contributed by atoms with Gasteiger partial charge in [-0.05, 0) is 48.9 Å². The molecule has 0 fully saturated rings. The first kappa shape index (κ1) is 23.6. The van der Waals surface area contributed by atoms with Crippen molar-refractivity contribution in [3.8, 4) is 11.5 Å². The lowest BCUT2D eigenvalue weighted by molar-refractivity contribution is -0.118. The number of methoxy groups -OCH3 is 1. The number of hydrogen-bond donors (Lipinski definition) is 3. The second kappa shape index (κ2) is 12.1. The van der Waals surface area contributed by atoms with Gasteiger partial charge in [0, 0.05) is 12.2 Å². The van der Waals surface area contributed by atoms with Gasteiger partial charge in [0.15, 0.2) is 18.1 Å². The third kappa shape index (κ3) is 6.98. The first-order chi connectivity index (χ1) is 16.1. The van der Waals surface area contributed by atoms with E-state index in [1.165, 1.54) is 7.11 Å². The maximum atomic E-state index is 12.4. The molecular weight excluding hydrogens is 422 g/mol. The fourth-order valence-electron chi connectivity index (χ4n) is 3.03. The Balaban J connectivity index is 1.58. The fraction of sp³-hybridized carbons (Fsp3) is 0.200. The highest BCUT2D eigenvalue weighted by atomic mass is 16.5. The lowest BCUT2D eigenvalue weighted by Gasteiger charge is -2.15. The van der Waals surface area contributed by atoms with E-state index in [2.05, 4.69) is 16.2 Å². The van der Waals surface area contributed by atoms with Crippen molar-refractivity contribution in [2.24, 2.45) is 0 Å². The molecule has 0 spiro atoms. The monoisotopic (exact) mass is 449 g/mol. The summed E-state index contributed by atoms with van der Waals surface area (Å²) in [6.07, 6.45) is 0. The molecule has 172 valence electrons. The summed E-state index contributed by atoms with van der Waals surface area (Å²) < 4.78 is 16.1. The van der Waals surface area contributed by atoms with Crippen molar-refractivity contribution in [1.29, 1.82) is 0 Å². The van der Waals surface area contributed by atoms with Gasteiger partial charge in [-0.1, -0.05) is 36.4 Å². The molecule has 0 aromatic heterocycles. The zero-order valence-electron chi connectivity index (χ0n) is 18.6. The van der Waals surface area contributed by atoms with Crippen molar-refractivity contribution >= 4 is 23.3 Å². The fourth-order valence-corrected chi connectivity index (χ4v) is 3.03. The maximum Gasteiger partial charge on any atom is 0.339 e. The topological polar surface area (TPSA) is 97.9 Å². The molecule has 0 unspecified atom stereocenters. The molecule has 0 saturated heterocycles. The van der Waals surface area contributed by atoms with Gasteiger partial charge in [0.1, 0.15) is 0 Å². The zero-order valence-corrected chi connectivity index (χ0v) is 18.6. The molecule has 3 rings (SSSR count). The van der Waals surface area contributed by atoms with Gasteiger partial charge < -0.3 is 25.0 Å². The van der Waals surface area contributed by atoms with E-state index in [0.717, 1.165) is 11.3 Å². The van der Waals surface area contributed by atoms with Crippen LogP contribution in [0.3, 0.4) is 0 Å². The number of anilines is 2. The van der Waals surface area contributed by atoms with Crippen LogP contribution in [0.15, 0.2) is 72.8 Å². The lowest BCUT2D eigenvalue weighted by Crippen LogP contribution is -2.22. The number of hydrazine groups is 1. The molecule has 0 bridgehead atoms. The smallest absolute Gasteiger partial charge is 0.339 e. The Labute approximate surface area is 192 Å². The van der Waals surface area contributed by atoms with Crippen LogP contribution in [0.2, 0.25) is 0 Å². The molecule has 3 N–H and O–H groups in total. The normalized spacial score (nSPS) is 10.2. The number of ether oxygens (including phenoxy) is 3. The predicted octanol–water partition coefficient (Wildman–Crippen LogP) is 4.01. The molecule has 0 heterocycles. The van der Waals surface area contributed by atoms with Crippen molar-refractivity contribution in [1.82, 2.24) is 5.43 Å². The van der Waals surface area contributed by atoms with Gasteiger partial charge in [-0.15, -0.1) is 0 Å². The third-order valence-electron chi connectivity index (χ3n) is 4.57. The highest BCUT2D eigenvalue weighted by Crippen LogP contribution is 2.28. The van der Waals surface area contributed by atoms with Crippen molar-refractivity contribution < 1.29 is 23.8 Å². The van der Waals surface area contributed by atoms with Crippen LogP contribution < -0.4 is 25.6 Å². The second-order valence-corrected chi connectivity index (χ2v) is 6.93. The molecule has 0 aliphatic heterocycles. The van der Waals surface area contributed by atoms with Crippen LogP contribution >= 0.6 is 0 Å². The minimum Gasteiger partial charge on any atom is -0.490 e. The van der Waals surface area contributed by atoms with Crippen molar-refractivity contribution in [2.45, 2.75) is 13.5 Å². The molecule has 8 nitrogen and oxygen atoms in total. The van der Waals surface area contributed by atoms with Crippen LogP contribution in [-0.2, 0) is 16.1 Å². The molecular formula is C25H27N3O5. The number of esters is 1. The number of carbonyl (C=O) groups excluding carboxylic acids is 2. The summed E-state index contributed by atoms with van der Waals surface area (Å²) in [7, 11) is 1.29. The van der Waals surface area contributed by atoms with E-state index in [0.29, 0.717) is 30.3 Å². The average Bonchev–Trinajstić information content (AvgIpc) is 2.84. The van der Waals surface area contributed by atoms with E-state index < -0.39 is 11.9 Å². The summed E-state index contributed by atoms with van der Waals surface area (Å²) >= 11 is 0. The lowest BCUT2D eigenvalue weighted by atomic mass is 10.2. The van der Waals surface area contributed by atoms with Gasteiger partial charge in [0.25, 0.3) is 5.91 Å². The number of rotatable bonds is 11. The number of hydrogen-bond acceptors (Lipinski definition) is 7. The van der Waals surface area contributed by atoms with Crippen LogP contribution in [0.25, 0.3) is 0 Å². The van der Waals surface area contributed by atoms with Gasteiger partial charge in [0.05, 0.1) is 25.0 Å². The summed E-state index contributed by atoms with van der Waals surface area (Å²) in [5, 5.41) is 2.68. The van der Waals surface area contributed by atoms with E-state index in [1.807, 2.05) is 49.4 Å². The highest BCUT2D eigenvalue weighted by molar-refractivity contribution is 6.01. The summed E-state index contributed by atoms with van der Waals surface area (Å²) in [5.41, 5.74) is 8.85. The van der Waals surface area contributed by atoms with E-state index in [9.17, 15) is 9.59 Å². The molecule has 0 atom stereocenters. The number of amides is 1. The first-order valence-electron chi connectivity index (χ1n) is 10.5. The molecule has 0 saturated carbocycles. The SMILES string of the molecule is CCOc1cc(CNNc2ccccc2)ccc1OCC(=O)Nc1ccccc1C(=O)OC. The Morgan fingerprint density at radius 1 is 0.879 bits per heavy atom. The molecule has 8 heteroatoms. The molecule has 0 aliphatic carbocycles. The number of para-hydroxylation sites is 2. The number of benzene rings is 3. The van der Waals surface area contributed by atoms with Gasteiger partial charge in [-0.3, -0.25) is 4.79 Å². The van der Waals surface area contributed by atoms with Crippen LogP contribution in [-0.4, -0.2) is 32.2 Å². The summed E-state index contributed by atoms with van der Waals surface area (Å²) in [6, 6.07) is 21.9. The van der Waals surface area contributed by atoms with Crippen LogP contribution in [0.5, 0.6) is 11.5 Å². The Hall–Kier alpha value is -4.04. The summed E-state index contributed by atoms with van der Waals surface area (Å²) in [6.45, 7) is 2.64. The first-order valence-corrected chi connectivity index (χ1v) is 10.5. The minimum atomic E-state index is -0.531. The van der Waals surface area contributed by atoms with Gasteiger partial charge in [-0.2, -0.15) is 0 Å². The van der Waals surface area contributed by atoms with Crippen LogP contribution in [0.4, 0.5) is 11.4 Å². The second-order valence-electron chi connectivity index (χ2n) is 6.93. The largest absolute Gasteiger partial charge is 0.490 e. The molecule has 33 heavy (non-hydrogen) atoms. The van der Waals surface area contributed by atoms with E-state index in [4.69, 9.17) is 14.2 Å². The standard InChI is InChI=1S/C25H27N3O5/c1-3-32-23-15-18(16-26-28-19-9-5-4-6-10-19)13-14-22(23)33-17-24(29)27-21-12-8-7-11-20(21)25(30)31-2/h4-15,26,28H,3,16-17H2,1-2H3,(H,27,29). The average molecular weight is 450 g/mol. The molecule has 1 amide bonds. The summed E-state index contributed by atoms with van der Waals surface area (Å²) in [5.74, 6) is 0.0512. The maximum absolute atomic E-state index is 12.4. The van der Waals surface area contributed by atoms with E-state index in [1.54, 1.807) is 30.3 Å². The van der Waals surface area contributed by atoms with Crippen molar-refractivity contribution in [2.75, 3.05) is 31.1 Å². The molecule has 3 aromatic rings. The van der Waals surface area contributed by atoms with Crippen LogP contribution in [0, 0.1) is 0 Å². The van der Waals surface area contributed by atoms with Gasteiger partial charge in [-0.25, -0.2) is 10.2 Å². The Morgan fingerprint density at radius 2 is 1.64 bits per heavy atom. The molecule has 0 aliphatic rings. The Kier molecular flexibility index (Phi) is 8.67. The molecule has 3 aromatic carbocycles. The minimum absolute atomic E-state index is 0.247.